The lowest BCUT2D eigenvalue weighted by Crippen LogP contribution is -2.00. The van der Waals surface area contributed by atoms with Crippen LogP contribution in [0, 0.1) is 0 Å². The molecule has 0 aliphatic carbocycles. The molecule has 4 heteroatoms. The Morgan fingerprint density at radius 1 is 1.64 bits per heavy atom. The second-order valence-corrected chi connectivity index (χ2v) is 3.71. The van der Waals surface area contributed by atoms with Crippen molar-refractivity contribution in [2.45, 2.75) is 6.92 Å². The van der Waals surface area contributed by atoms with E-state index in [0.717, 1.165) is 4.88 Å². The summed E-state index contributed by atoms with van der Waals surface area (Å²) >= 11 is 1.24. The van der Waals surface area contributed by atoms with Gasteiger partial charge in [-0.2, -0.15) is 0 Å². The molecule has 0 spiro atoms. The SMILES string of the molecule is C=Cc1sc(N)c(C(=O)O)c1/C=C\C. The predicted octanol–water partition coefficient (Wildman–Crippen LogP) is 2.70. The third-order valence-corrected chi connectivity index (χ3v) is 2.76. The van der Waals surface area contributed by atoms with Crippen LogP contribution in [0.2, 0.25) is 0 Å². The van der Waals surface area contributed by atoms with Crippen molar-refractivity contribution >= 4 is 34.5 Å². The second-order valence-electron chi connectivity index (χ2n) is 2.63. The van der Waals surface area contributed by atoms with Crippen LogP contribution in [-0.4, -0.2) is 11.1 Å². The van der Waals surface area contributed by atoms with Crippen LogP contribution in [0.25, 0.3) is 12.2 Å². The number of nitrogens with two attached hydrogens (primary N) is 1. The number of carboxylic acid groups (broad SMARTS) is 1. The van der Waals surface area contributed by atoms with Crippen LogP contribution in [0.1, 0.15) is 27.7 Å². The van der Waals surface area contributed by atoms with Crippen molar-refractivity contribution in [3.8, 4) is 0 Å². The summed E-state index contributed by atoms with van der Waals surface area (Å²) in [5.41, 5.74) is 6.41. The number of carboxylic acids is 1. The number of hydrogen-bond donors (Lipinski definition) is 2. The molecule has 0 aromatic carbocycles. The summed E-state index contributed by atoms with van der Waals surface area (Å²) in [7, 11) is 0. The van der Waals surface area contributed by atoms with Gasteiger partial charge < -0.3 is 10.8 Å². The van der Waals surface area contributed by atoms with Crippen molar-refractivity contribution in [3.63, 3.8) is 0 Å². The first-order valence-corrected chi connectivity index (χ1v) is 4.84. The highest BCUT2D eigenvalue weighted by Gasteiger charge is 2.18. The van der Waals surface area contributed by atoms with E-state index in [2.05, 4.69) is 6.58 Å². The molecule has 3 nitrogen and oxygen atoms in total. The predicted molar refractivity (Wildman–Crippen MR) is 60.5 cm³/mol. The summed E-state index contributed by atoms with van der Waals surface area (Å²) in [6, 6.07) is 0. The first kappa shape index (κ1) is 10.5. The maximum absolute atomic E-state index is 10.9. The molecule has 0 saturated heterocycles. The zero-order valence-corrected chi connectivity index (χ0v) is 8.60. The van der Waals surface area contributed by atoms with Gasteiger partial charge >= 0.3 is 5.97 Å². The lowest BCUT2D eigenvalue weighted by atomic mass is 10.1. The summed E-state index contributed by atoms with van der Waals surface area (Å²) in [4.78, 5) is 11.7. The van der Waals surface area contributed by atoms with Crippen LogP contribution in [0.5, 0.6) is 0 Å². The first-order chi connectivity index (χ1) is 6.61. The first-order valence-electron chi connectivity index (χ1n) is 4.02. The van der Waals surface area contributed by atoms with Gasteiger partial charge in [0.1, 0.15) is 10.6 Å². The maximum Gasteiger partial charge on any atom is 0.339 e. The molecule has 14 heavy (non-hydrogen) atoms. The van der Waals surface area contributed by atoms with Gasteiger partial charge in [0.15, 0.2) is 0 Å². The molecule has 0 unspecified atom stereocenters. The van der Waals surface area contributed by atoms with E-state index in [9.17, 15) is 4.79 Å². The molecule has 0 amide bonds. The molecule has 3 N–H and O–H groups in total. The molecule has 0 saturated carbocycles. The Bertz CT molecular complexity index is 404. The van der Waals surface area contributed by atoms with Gasteiger partial charge in [0, 0.05) is 10.4 Å². The highest BCUT2D eigenvalue weighted by atomic mass is 32.1. The van der Waals surface area contributed by atoms with Crippen molar-refractivity contribution in [1.29, 1.82) is 0 Å². The van der Waals surface area contributed by atoms with E-state index >= 15 is 0 Å². The lowest BCUT2D eigenvalue weighted by molar-refractivity contribution is 0.0698. The Morgan fingerprint density at radius 2 is 2.29 bits per heavy atom. The van der Waals surface area contributed by atoms with Gasteiger partial charge in [-0.25, -0.2) is 4.79 Å². The van der Waals surface area contributed by atoms with Crippen molar-refractivity contribution in [2.24, 2.45) is 0 Å². The average molecular weight is 209 g/mol. The van der Waals surface area contributed by atoms with Crippen LogP contribution in [0.4, 0.5) is 5.00 Å². The number of aromatic carboxylic acids is 1. The lowest BCUT2D eigenvalue weighted by Gasteiger charge is -1.95. The van der Waals surface area contributed by atoms with E-state index in [-0.39, 0.29) is 5.56 Å². The molecule has 0 radical (unpaired) electrons. The van der Waals surface area contributed by atoms with E-state index in [0.29, 0.717) is 10.6 Å². The van der Waals surface area contributed by atoms with Crippen molar-refractivity contribution in [1.82, 2.24) is 0 Å². The molecule has 0 aliphatic heterocycles. The third kappa shape index (κ3) is 1.70. The third-order valence-electron chi connectivity index (χ3n) is 1.73. The smallest absolute Gasteiger partial charge is 0.339 e. The Labute approximate surface area is 86.2 Å². The van der Waals surface area contributed by atoms with E-state index in [1.54, 1.807) is 18.2 Å². The molecule has 1 rings (SSSR count). The van der Waals surface area contributed by atoms with E-state index in [1.165, 1.54) is 11.3 Å². The zero-order chi connectivity index (χ0) is 10.7. The Kier molecular flexibility index (Phi) is 3.09. The van der Waals surface area contributed by atoms with Gasteiger partial charge in [0.05, 0.1) is 0 Å². The summed E-state index contributed by atoms with van der Waals surface area (Å²) in [6.45, 7) is 5.44. The number of anilines is 1. The van der Waals surface area contributed by atoms with Crippen molar-refractivity contribution in [2.75, 3.05) is 5.73 Å². The van der Waals surface area contributed by atoms with Crippen LogP contribution in [0.15, 0.2) is 12.7 Å². The van der Waals surface area contributed by atoms with Crippen molar-refractivity contribution in [3.05, 3.63) is 28.7 Å². The molecule has 0 bridgehead atoms. The summed E-state index contributed by atoms with van der Waals surface area (Å²) < 4.78 is 0. The van der Waals surface area contributed by atoms with Crippen LogP contribution >= 0.6 is 11.3 Å². The molecule has 1 heterocycles. The quantitative estimate of drug-likeness (QED) is 0.804. The fraction of sp³-hybridized carbons (Fsp3) is 0.100. The molecular weight excluding hydrogens is 198 g/mol. The van der Waals surface area contributed by atoms with Crippen LogP contribution in [-0.2, 0) is 0 Å². The zero-order valence-electron chi connectivity index (χ0n) is 7.78. The largest absolute Gasteiger partial charge is 0.478 e. The topological polar surface area (TPSA) is 63.3 Å². The Hall–Kier alpha value is -1.55. The minimum atomic E-state index is -1.00. The molecule has 0 aliphatic rings. The minimum Gasteiger partial charge on any atom is -0.478 e. The fourth-order valence-electron chi connectivity index (χ4n) is 1.18. The molecule has 1 aromatic rings. The fourth-order valence-corrected chi connectivity index (χ4v) is 2.08. The van der Waals surface area contributed by atoms with E-state index in [1.807, 2.05) is 6.92 Å². The van der Waals surface area contributed by atoms with Gasteiger partial charge in [-0.15, -0.1) is 11.3 Å². The van der Waals surface area contributed by atoms with Crippen molar-refractivity contribution < 1.29 is 9.90 Å². The average Bonchev–Trinajstić information content (AvgIpc) is 2.43. The number of carbonyl (C=O) groups is 1. The summed E-state index contributed by atoms with van der Waals surface area (Å²) in [5, 5.41) is 9.26. The normalized spacial score (nSPS) is 10.6. The highest BCUT2D eigenvalue weighted by Crippen LogP contribution is 2.32. The van der Waals surface area contributed by atoms with Gasteiger partial charge in [0.25, 0.3) is 0 Å². The number of nitrogen functional groups attached to an aromatic ring is 1. The molecule has 0 fully saturated rings. The minimum absolute atomic E-state index is 0.169. The van der Waals surface area contributed by atoms with E-state index in [4.69, 9.17) is 10.8 Å². The van der Waals surface area contributed by atoms with Gasteiger partial charge in [-0.1, -0.05) is 24.8 Å². The number of rotatable bonds is 3. The molecule has 74 valence electrons. The van der Waals surface area contributed by atoms with Gasteiger partial charge in [0.2, 0.25) is 0 Å². The second kappa shape index (κ2) is 4.11. The maximum atomic E-state index is 10.9. The monoisotopic (exact) mass is 209 g/mol. The summed E-state index contributed by atoms with van der Waals surface area (Å²) in [6.07, 6.45) is 5.12. The van der Waals surface area contributed by atoms with Crippen LogP contribution in [0.3, 0.4) is 0 Å². The highest BCUT2D eigenvalue weighted by molar-refractivity contribution is 7.17. The molecular formula is C10H11NO2S. The van der Waals surface area contributed by atoms with E-state index < -0.39 is 5.97 Å². The van der Waals surface area contributed by atoms with Gasteiger partial charge in [-0.3, -0.25) is 0 Å². The number of thiophene rings is 1. The Morgan fingerprint density at radius 3 is 2.71 bits per heavy atom. The number of hydrogen-bond acceptors (Lipinski definition) is 3. The Balaban J connectivity index is 3.45. The molecule has 0 atom stereocenters. The van der Waals surface area contributed by atoms with Gasteiger partial charge in [-0.05, 0) is 6.92 Å². The summed E-state index contributed by atoms with van der Waals surface area (Å²) in [5.74, 6) is -1.00. The molecule has 1 aromatic heterocycles. The standard InChI is InChI=1S/C10H11NO2S/c1-3-5-6-7(4-2)14-9(11)8(6)10(12)13/h3-5H,2,11H2,1H3,(H,12,13)/b5-3-. The van der Waals surface area contributed by atoms with Crippen LogP contribution < -0.4 is 5.73 Å². The number of allylic oxidation sites excluding steroid dienone is 1.